The summed E-state index contributed by atoms with van der Waals surface area (Å²) in [5.74, 6) is 1.96. The van der Waals surface area contributed by atoms with E-state index in [9.17, 15) is 4.79 Å². The molecule has 88 valence electrons. The number of carbonyl (C=O) groups is 1. The molecule has 0 amide bonds. The van der Waals surface area contributed by atoms with E-state index < -0.39 is 0 Å². The predicted molar refractivity (Wildman–Crippen MR) is 68.6 cm³/mol. The highest BCUT2D eigenvalue weighted by atomic mass is 32.2. The Morgan fingerprint density at radius 1 is 1.31 bits per heavy atom. The van der Waals surface area contributed by atoms with Crippen molar-refractivity contribution in [1.82, 2.24) is 0 Å². The zero-order chi connectivity index (χ0) is 11.8. The third-order valence-corrected chi connectivity index (χ3v) is 3.50. The molecule has 0 aliphatic carbocycles. The molecule has 2 nitrogen and oxygen atoms in total. The molecule has 0 atom stereocenters. The molecule has 0 unspecified atom stereocenters. The van der Waals surface area contributed by atoms with Crippen molar-refractivity contribution in [1.29, 1.82) is 0 Å². The van der Waals surface area contributed by atoms with Gasteiger partial charge in [-0.15, -0.1) is 0 Å². The Morgan fingerprint density at radius 3 is 2.62 bits per heavy atom. The second-order valence-corrected chi connectivity index (χ2v) is 4.68. The molecule has 1 aromatic carbocycles. The van der Waals surface area contributed by atoms with Gasteiger partial charge in [0.2, 0.25) is 0 Å². The molecule has 0 aromatic heterocycles. The molecular weight excluding hydrogens is 220 g/mol. The van der Waals surface area contributed by atoms with E-state index in [1.165, 1.54) is 19.1 Å². The van der Waals surface area contributed by atoms with Gasteiger partial charge in [-0.2, -0.15) is 11.8 Å². The maximum absolute atomic E-state index is 11.2. The fourth-order valence-corrected chi connectivity index (χ4v) is 2.36. The lowest BCUT2D eigenvalue weighted by atomic mass is 10.1. The van der Waals surface area contributed by atoms with E-state index in [2.05, 4.69) is 17.7 Å². The molecule has 0 bridgehead atoms. The Labute approximate surface area is 101 Å². The zero-order valence-electron chi connectivity index (χ0n) is 9.86. The summed E-state index contributed by atoms with van der Waals surface area (Å²) in [5.41, 5.74) is 2.32. The fourth-order valence-electron chi connectivity index (χ4n) is 1.42. The first-order valence-electron chi connectivity index (χ1n) is 5.49. The van der Waals surface area contributed by atoms with Crippen LogP contribution in [0.3, 0.4) is 0 Å². The third kappa shape index (κ3) is 4.27. The summed E-state index contributed by atoms with van der Waals surface area (Å²) in [6, 6.07) is 8.06. The van der Waals surface area contributed by atoms with E-state index in [4.69, 9.17) is 0 Å². The number of rotatable bonds is 6. The highest BCUT2D eigenvalue weighted by Crippen LogP contribution is 2.17. The molecule has 1 aromatic rings. The van der Waals surface area contributed by atoms with Crippen LogP contribution in [0.25, 0.3) is 0 Å². The van der Waals surface area contributed by atoms with Gasteiger partial charge in [-0.05, 0) is 23.3 Å². The minimum atomic E-state index is -0.173. The van der Waals surface area contributed by atoms with E-state index >= 15 is 0 Å². The van der Waals surface area contributed by atoms with Crippen molar-refractivity contribution >= 4 is 17.7 Å². The van der Waals surface area contributed by atoms with Gasteiger partial charge in [0.1, 0.15) is 0 Å². The largest absolute Gasteiger partial charge is 0.469 e. The monoisotopic (exact) mass is 238 g/mol. The second-order valence-electron chi connectivity index (χ2n) is 3.57. The highest BCUT2D eigenvalue weighted by Gasteiger charge is 2.07. The molecule has 0 radical (unpaired) electrons. The van der Waals surface area contributed by atoms with Crippen LogP contribution in [0.4, 0.5) is 0 Å². The normalized spacial score (nSPS) is 10.1. The van der Waals surface area contributed by atoms with Gasteiger partial charge in [0.15, 0.2) is 0 Å². The number of hydrogen-bond acceptors (Lipinski definition) is 3. The van der Waals surface area contributed by atoms with Gasteiger partial charge < -0.3 is 4.74 Å². The van der Waals surface area contributed by atoms with Gasteiger partial charge in [0, 0.05) is 5.75 Å². The SMILES string of the molecule is CCCSCc1ccccc1CC(=O)OC. The van der Waals surface area contributed by atoms with Crippen LogP contribution in [0, 0.1) is 0 Å². The van der Waals surface area contributed by atoms with Gasteiger partial charge >= 0.3 is 5.97 Å². The number of methoxy groups -OCH3 is 1. The van der Waals surface area contributed by atoms with Gasteiger partial charge in [-0.1, -0.05) is 31.2 Å². The number of thioether (sulfide) groups is 1. The highest BCUT2D eigenvalue weighted by molar-refractivity contribution is 7.98. The van der Waals surface area contributed by atoms with Crippen molar-refractivity contribution in [3.63, 3.8) is 0 Å². The van der Waals surface area contributed by atoms with Crippen LogP contribution in [0.15, 0.2) is 24.3 Å². The molecule has 3 heteroatoms. The van der Waals surface area contributed by atoms with Crippen molar-refractivity contribution < 1.29 is 9.53 Å². The number of benzene rings is 1. The lowest BCUT2D eigenvalue weighted by molar-refractivity contribution is -0.139. The van der Waals surface area contributed by atoms with Crippen LogP contribution in [-0.4, -0.2) is 18.8 Å². The molecule has 16 heavy (non-hydrogen) atoms. The first kappa shape index (κ1) is 13.1. The summed E-state index contributed by atoms with van der Waals surface area (Å²) >= 11 is 1.90. The van der Waals surface area contributed by atoms with Crippen LogP contribution in [0.1, 0.15) is 24.5 Å². The molecular formula is C13H18O2S. The predicted octanol–water partition coefficient (Wildman–Crippen LogP) is 3.05. The fraction of sp³-hybridized carbons (Fsp3) is 0.462. The first-order chi connectivity index (χ1) is 7.77. The van der Waals surface area contributed by atoms with Crippen molar-refractivity contribution in [3.8, 4) is 0 Å². The number of esters is 1. The van der Waals surface area contributed by atoms with Crippen molar-refractivity contribution in [2.75, 3.05) is 12.9 Å². The maximum Gasteiger partial charge on any atom is 0.309 e. The maximum atomic E-state index is 11.2. The quantitative estimate of drug-likeness (QED) is 0.563. The van der Waals surface area contributed by atoms with Crippen LogP contribution in [-0.2, 0) is 21.7 Å². The van der Waals surface area contributed by atoms with Gasteiger partial charge in [-0.3, -0.25) is 4.79 Å². The Balaban J connectivity index is 2.63. The Morgan fingerprint density at radius 2 is 2.00 bits per heavy atom. The second kappa shape index (κ2) is 7.34. The Hall–Kier alpha value is -0.960. The Bertz CT molecular complexity index is 336. The van der Waals surface area contributed by atoms with Crippen LogP contribution < -0.4 is 0 Å². The first-order valence-corrected chi connectivity index (χ1v) is 6.64. The van der Waals surface area contributed by atoms with E-state index in [0.717, 1.165) is 17.1 Å². The minimum absolute atomic E-state index is 0.173. The summed E-state index contributed by atoms with van der Waals surface area (Å²) in [7, 11) is 1.43. The van der Waals surface area contributed by atoms with Crippen molar-refractivity contribution in [2.45, 2.75) is 25.5 Å². The molecule has 0 heterocycles. The van der Waals surface area contributed by atoms with Gasteiger partial charge in [0.05, 0.1) is 13.5 Å². The molecule has 0 aliphatic heterocycles. The number of ether oxygens (including phenoxy) is 1. The molecule has 0 N–H and O–H groups in total. The molecule has 0 fully saturated rings. The Kier molecular flexibility index (Phi) is 6.01. The summed E-state index contributed by atoms with van der Waals surface area (Å²) in [5, 5.41) is 0. The number of carbonyl (C=O) groups excluding carboxylic acids is 1. The molecule has 0 saturated carbocycles. The van der Waals surface area contributed by atoms with Crippen LogP contribution >= 0.6 is 11.8 Å². The van der Waals surface area contributed by atoms with Crippen LogP contribution in [0.5, 0.6) is 0 Å². The zero-order valence-corrected chi connectivity index (χ0v) is 10.7. The molecule has 0 spiro atoms. The smallest absolute Gasteiger partial charge is 0.309 e. The van der Waals surface area contributed by atoms with Gasteiger partial charge in [0.25, 0.3) is 0 Å². The summed E-state index contributed by atoms with van der Waals surface area (Å²) < 4.78 is 4.69. The standard InChI is InChI=1S/C13H18O2S/c1-3-8-16-10-12-7-5-4-6-11(12)9-13(14)15-2/h4-7H,3,8-10H2,1-2H3. The van der Waals surface area contributed by atoms with E-state index in [0.29, 0.717) is 6.42 Å². The minimum Gasteiger partial charge on any atom is -0.469 e. The van der Waals surface area contributed by atoms with E-state index in [1.807, 2.05) is 30.0 Å². The average molecular weight is 238 g/mol. The number of hydrogen-bond donors (Lipinski definition) is 0. The van der Waals surface area contributed by atoms with E-state index in [1.54, 1.807) is 0 Å². The van der Waals surface area contributed by atoms with Crippen LogP contribution in [0.2, 0.25) is 0 Å². The van der Waals surface area contributed by atoms with Gasteiger partial charge in [-0.25, -0.2) is 0 Å². The van der Waals surface area contributed by atoms with Crippen molar-refractivity contribution in [2.24, 2.45) is 0 Å². The average Bonchev–Trinajstić information content (AvgIpc) is 2.31. The summed E-state index contributed by atoms with van der Waals surface area (Å²) in [6.45, 7) is 2.17. The lowest BCUT2D eigenvalue weighted by Crippen LogP contribution is -2.06. The van der Waals surface area contributed by atoms with E-state index in [-0.39, 0.29) is 5.97 Å². The lowest BCUT2D eigenvalue weighted by Gasteiger charge is -2.07. The molecule has 0 saturated heterocycles. The third-order valence-electron chi connectivity index (χ3n) is 2.29. The topological polar surface area (TPSA) is 26.3 Å². The molecule has 0 aliphatic rings. The molecule has 1 rings (SSSR count). The summed E-state index contributed by atoms with van der Waals surface area (Å²) in [4.78, 5) is 11.2. The summed E-state index contributed by atoms with van der Waals surface area (Å²) in [6.07, 6.45) is 1.56. The van der Waals surface area contributed by atoms with Crippen molar-refractivity contribution in [3.05, 3.63) is 35.4 Å².